The number of aliphatic hydroxyl groups excluding tert-OH is 1. The zero-order chi connectivity index (χ0) is 46.1. The monoisotopic (exact) mass is 908 g/mol. The predicted octanol–water partition coefficient (Wildman–Crippen LogP) is 8.28. The molecule has 2 heterocycles. The first-order chi connectivity index (χ1) is 30.7. The van der Waals surface area contributed by atoms with Crippen LogP contribution in [0.15, 0.2) is 54.7 Å². The summed E-state index contributed by atoms with van der Waals surface area (Å²) in [5.74, 6) is 0.967. The van der Waals surface area contributed by atoms with Crippen molar-refractivity contribution < 1.29 is 43.2 Å². The average molecular weight is 908 g/mol. The molecule has 1 aliphatic heterocycles. The molecule has 1 saturated carbocycles. The van der Waals surface area contributed by atoms with Gasteiger partial charge in [0.05, 0.1) is 24.1 Å². The Morgan fingerprint density at radius 3 is 2.20 bits per heavy atom. The number of aliphatic hydroxyl groups is 1. The molecule has 1 aliphatic carbocycles. The van der Waals surface area contributed by atoms with E-state index in [4.69, 9.17) is 34.4 Å². The van der Waals surface area contributed by atoms with E-state index in [1.807, 2.05) is 60.4 Å². The van der Waals surface area contributed by atoms with Crippen LogP contribution in [0.25, 0.3) is 0 Å². The van der Waals surface area contributed by atoms with Gasteiger partial charge in [0, 0.05) is 45.7 Å². The fourth-order valence-corrected chi connectivity index (χ4v) is 9.10. The molecule has 0 spiro atoms. The summed E-state index contributed by atoms with van der Waals surface area (Å²) in [6.45, 7) is 12.9. The Balaban J connectivity index is 1.03. The molecule has 5 atom stereocenters. The normalized spacial score (nSPS) is 17.6. The average Bonchev–Trinajstić information content (AvgIpc) is 3.98. The summed E-state index contributed by atoms with van der Waals surface area (Å²) in [7, 11) is 1.54. The number of hydrogen-bond donors (Lipinski definition) is 3. The molecule has 14 nitrogen and oxygen atoms in total. The Hall–Kier alpha value is -4.28. The standard InChI is InChI=1S/C49H73N5O9S/c1-34(50)37-19-13-21-39(31-37)61-28-12-8-11-25-59-26-16-27-60-29-30-62-40-22-14-20-38(32-40)44(55)42-33-51-46(64-42)41-23-15-24-54(41)47(57)43(36-17-9-7-10-18-36)52-45(56)35(2)53(6)48(58)63-49(3,4)5/h13-14,19-22,31-36,41,43-44,55H,7-12,15-18,23-30,50H2,1-6H3,(H,52,56)/t34-,35+,41+,43+,44?/m1/s1. The number of unbranched alkanes of at least 4 members (excludes halogenated alkanes) is 2. The van der Waals surface area contributed by atoms with Crippen molar-refractivity contribution in [3.8, 4) is 11.5 Å². The Bertz CT molecular complexity index is 1900. The zero-order valence-electron chi connectivity index (χ0n) is 38.9. The molecule has 2 aromatic carbocycles. The van der Waals surface area contributed by atoms with Gasteiger partial charge >= 0.3 is 6.09 Å². The number of amides is 3. The number of hydrogen-bond acceptors (Lipinski definition) is 12. The van der Waals surface area contributed by atoms with Gasteiger partial charge in [-0.05, 0) is 127 Å². The van der Waals surface area contributed by atoms with Crippen molar-refractivity contribution in [2.24, 2.45) is 11.7 Å². The number of benzene rings is 2. The minimum absolute atomic E-state index is 0.00540. The van der Waals surface area contributed by atoms with Crippen LogP contribution < -0.4 is 20.5 Å². The van der Waals surface area contributed by atoms with Gasteiger partial charge in [0.2, 0.25) is 11.8 Å². The molecule has 0 radical (unpaired) electrons. The highest BCUT2D eigenvalue weighted by Crippen LogP contribution is 2.39. The Labute approximate surface area is 384 Å². The van der Waals surface area contributed by atoms with E-state index in [0.717, 1.165) is 86.9 Å². The summed E-state index contributed by atoms with van der Waals surface area (Å²) in [5, 5.41) is 15.3. The van der Waals surface area contributed by atoms with Crippen molar-refractivity contribution in [1.82, 2.24) is 20.1 Å². The number of carbonyl (C=O) groups excluding carboxylic acids is 3. The van der Waals surface area contributed by atoms with E-state index in [0.29, 0.717) is 62.4 Å². The highest BCUT2D eigenvalue weighted by molar-refractivity contribution is 7.11. The van der Waals surface area contributed by atoms with E-state index in [1.54, 1.807) is 33.9 Å². The minimum Gasteiger partial charge on any atom is -0.494 e. The lowest BCUT2D eigenvalue weighted by Gasteiger charge is -2.36. The molecule has 354 valence electrons. The lowest BCUT2D eigenvalue weighted by molar-refractivity contribution is -0.140. The molecule has 4 N–H and O–H groups in total. The van der Waals surface area contributed by atoms with E-state index in [-0.39, 0.29) is 23.9 Å². The maximum atomic E-state index is 14.5. The number of rotatable bonds is 24. The van der Waals surface area contributed by atoms with E-state index in [1.165, 1.54) is 23.3 Å². The number of likely N-dealkylation sites (tertiary alicyclic amines) is 1. The van der Waals surface area contributed by atoms with Crippen LogP contribution in [0.1, 0.15) is 144 Å². The Morgan fingerprint density at radius 1 is 0.859 bits per heavy atom. The predicted molar refractivity (Wildman–Crippen MR) is 248 cm³/mol. The molecule has 15 heteroatoms. The second-order valence-corrected chi connectivity index (χ2v) is 19.2. The van der Waals surface area contributed by atoms with E-state index in [9.17, 15) is 19.5 Å². The van der Waals surface area contributed by atoms with Crippen LogP contribution in [-0.2, 0) is 23.8 Å². The third-order valence-electron chi connectivity index (χ3n) is 11.8. The van der Waals surface area contributed by atoms with Crippen LogP contribution in [0.5, 0.6) is 11.5 Å². The van der Waals surface area contributed by atoms with Crippen molar-refractivity contribution in [1.29, 1.82) is 0 Å². The SMILES string of the molecule is C[C@@H](N)c1cccc(OCCCCCOCCCOCCOc2cccc(C(O)c3cnc([C@@H]4CCCN4C(=O)[C@@H](NC(=O)[C@H](C)N(C)C(=O)OC(C)(C)C)C4CCCCC4)s3)c2)c1. The molecular weight excluding hydrogens is 835 g/mol. The van der Waals surface area contributed by atoms with Gasteiger partial charge in [-0.3, -0.25) is 14.5 Å². The van der Waals surface area contributed by atoms with Gasteiger partial charge in [-0.15, -0.1) is 11.3 Å². The molecule has 1 aromatic heterocycles. The number of carbonyl (C=O) groups is 3. The van der Waals surface area contributed by atoms with E-state index in [2.05, 4.69) is 5.32 Å². The highest BCUT2D eigenvalue weighted by atomic mass is 32.1. The van der Waals surface area contributed by atoms with Crippen LogP contribution >= 0.6 is 11.3 Å². The number of thiazole rings is 1. The molecule has 2 fully saturated rings. The first-order valence-corrected chi connectivity index (χ1v) is 24.1. The number of aromatic nitrogens is 1. The fourth-order valence-electron chi connectivity index (χ4n) is 8.02. The van der Waals surface area contributed by atoms with Crippen LogP contribution in [0.3, 0.4) is 0 Å². The molecule has 5 rings (SSSR count). The van der Waals surface area contributed by atoms with Crippen LogP contribution in [-0.4, -0.2) is 109 Å². The second kappa shape index (κ2) is 25.4. The Morgan fingerprint density at radius 2 is 1.50 bits per heavy atom. The first-order valence-electron chi connectivity index (χ1n) is 23.3. The summed E-state index contributed by atoms with van der Waals surface area (Å²) in [5.41, 5.74) is 7.00. The maximum absolute atomic E-state index is 14.5. The third kappa shape index (κ3) is 15.7. The first kappa shape index (κ1) is 50.7. The van der Waals surface area contributed by atoms with Gasteiger partial charge in [-0.2, -0.15) is 0 Å². The van der Waals surface area contributed by atoms with Gasteiger partial charge in [0.15, 0.2) is 0 Å². The number of likely N-dealkylation sites (N-methyl/N-ethyl adjacent to an activating group) is 1. The summed E-state index contributed by atoms with van der Waals surface area (Å²) in [6, 6.07) is 13.5. The number of nitrogens with zero attached hydrogens (tertiary/aromatic N) is 3. The van der Waals surface area contributed by atoms with Crippen molar-refractivity contribution in [3.63, 3.8) is 0 Å². The van der Waals surface area contributed by atoms with Crippen molar-refractivity contribution in [2.45, 2.75) is 141 Å². The molecule has 0 bridgehead atoms. The van der Waals surface area contributed by atoms with Gasteiger partial charge in [0.25, 0.3) is 0 Å². The maximum Gasteiger partial charge on any atom is 0.410 e. The third-order valence-corrected chi connectivity index (χ3v) is 12.9. The largest absolute Gasteiger partial charge is 0.494 e. The summed E-state index contributed by atoms with van der Waals surface area (Å²) < 4.78 is 28.8. The van der Waals surface area contributed by atoms with Crippen LogP contribution in [0.4, 0.5) is 4.79 Å². The van der Waals surface area contributed by atoms with Crippen molar-refractivity contribution >= 4 is 29.2 Å². The molecular formula is C49H73N5O9S. The van der Waals surface area contributed by atoms with Crippen molar-refractivity contribution in [2.75, 3.05) is 53.2 Å². The molecule has 1 saturated heterocycles. The van der Waals surface area contributed by atoms with Crippen LogP contribution in [0.2, 0.25) is 0 Å². The van der Waals surface area contributed by atoms with Gasteiger partial charge in [-0.1, -0.05) is 43.5 Å². The summed E-state index contributed by atoms with van der Waals surface area (Å²) in [6.07, 6.45) is 10.3. The molecule has 1 unspecified atom stereocenters. The lowest BCUT2D eigenvalue weighted by Crippen LogP contribution is -2.56. The molecule has 2 aliphatic rings. The molecule has 3 amide bonds. The smallest absolute Gasteiger partial charge is 0.410 e. The summed E-state index contributed by atoms with van der Waals surface area (Å²) in [4.78, 5) is 49.4. The van der Waals surface area contributed by atoms with E-state index < -0.39 is 35.8 Å². The Kier molecular flexibility index (Phi) is 20.1. The molecule has 64 heavy (non-hydrogen) atoms. The fraction of sp³-hybridized carbons (Fsp3) is 0.633. The highest BCUT2D eigenvalue weighted by Gasteiger charge is 2.41. The lowest BCUT2D eigenvalue weighted by atomic mass is 9.83. The van der Waals surface area contributed by atoms with Gasteiger partial charge < -0.3 is 44.7 Å². The quantitative estimate of drug-likeness (QED) is 0.0738. The summed E-state index contributed by atoms with van der Waals surface area (Å²) >= 11 is 1.40. The number of nitrogens with two attached hydrogens (primary N) is 1. The van der Waals surface area contributed by atoms with E-state index >= 15 is 0 Å². The van der Waals surface area contributed by atoms with Crippen LogP contribution in [0, 0.1) is 5.92 Å². The minimum atomic E-state index is -0.925. The van der Waals surface area contributed by atoms with Gasteiger partial charge in [0.1, 0.15) is 46.9 Å². The molecule has 3 aromatic rings. The van der Waals surface area contributed by atoms with Gasteiger partial charge in [-0.25, -0.2) is 9.78 Å². The zero-order valence-corrected chi connectivity index (χ0v) is 39.7. The van der Waals surface area contributed by atoms with Crippen molar-refractivity contribution in [3.05, 3.63) is 75.7 Å². The number of nitrogens with one attached hydrogen (secondary N) is 1. The topological polar surface area (TPSA) is 175 Å². The second-order valence-electron chi connectivity index (χ2n) is 18.1. The number of ether oxygens (including phenoxy) is 5.